The molecule has 0 spiro atoms. The van der Waals surface area contributed by atoms with Crippen molar-refractivity contribution in [2.24, 2.45) is 5.73 Å². The van der Waals surface area contributed by atoms with Gasteiger partial charge in [-0.3, -0.25) is 0 Å². The first kappa shape index (κ1) is 15.2. The SMILES string of the molecule is CCC(O)(CC)CCc1cccc(CCCN)c1. The fraction of sp³-hybridized carbons (Fsp3) is 0.625. The molecule has 1 aromatic rings. The van der Waals surface area contributed by atoms with Crippen LogP contribution >= 0.6 is 0 Å². The molecule has 1 rings (SSSR count). The number of benzene rings is 1. The van der Waals surface area contributed by atoms with Crippen LogP contribution < -0.4 is 5.73 Å². The molecule has 2 heteroatoms. The van der Waals surface area contributed by atoms with Crippen molar-refractivity contribution < 1.29 is 5.11 Å². The van der Waals surface area contributed by atoms with Gasteiger partial charge in [-0.2, -0.15) is 0 Å². The van der Waals surface area contributed by atoms with Crippen molar-refractivity contribution in [2.75, 3.05) is 6.54 Å². The highest BCUT2D eigenvalue weighted by Gasteiger charge is 2.21. The predicted molar refractivity (Wildman–Crippen MR) is 77.7 cm³/mol. The van der Waals surface area contributed by atoms with Gasteiger partial charge in [-0.25, -0.2) is 0 Å². The zero-order chi connectivity index (χ0) is 13.4. The van der Waals surface area contributed by atoms with Crippen LogP contribution in [0.15, 0.2) is 24.3 Å². The van der Waals surface area contributed by atoms with E-state index in [2.05, 4.69) is 38.1 Å². The number of aryl methyl sites for hydroxylation is 2. The third kappa shape index (κ3) is 4.79. The van der Waals surface area contributed by atoms with Crippen LogP contribution in [0.25, 0.3) is 0 Å². The van der Waals surface area contributed by atoms with Crippen LogP contribution in [0, 0.1) is 0 Å². The van der Waals surface area contributed by atoms with E-state index < -0.39 is 5.60 Å². The topological polar surface area (TPSA) is 46.2 Å². The molecule has 0 aliphatic heterocycles. The molecule has 2 nitrogen and oxygen atoms in total. The van der Waals surface area contributed by atoms with E-state index in [0.717, 1.165) is 45.1 Å². The van der Waals surface area contributed by atoms with Crippen molar-refractivity contribution in [1.82, 2.24) is 0 Å². The minimum Gasteiger partial charge on any atom is -0.390 e. The average molecular weight is 249 g/mol. The van der Waals surface area contributed by atoms with Gasteiger partial charge in [0.05, 0.1) is 5.60 Å². The molecular weight excluding hydrogens is 222 g/mol. The number of nitrogens with two attached hydrogens (primary N) is 1. The van der Waals surface area contributed by atoms with E-state index in [1.54, 1.807) is 0 Å². The lowest BCUT2D eigenvalue weighted by molar-refractivity contribution is 0.0239. The van der Waals surface area contributed by atoms with E-state index in [0.29, 0.717) is 0 Å². The Labute approximate surface area is 111 Å². The lowest BCUT2D eigenvalue weighted by atomic mass is 9.89. The van der Waals surface area contributed by atoms with Gasteiger partial charge in [-0.1, -0.05) is 38.1 Å². The third-order valence-corrected chi connectivity index (χ3v) is 3.86. The van der Waals surface area contributed by atoms with E-state index >= 15 is 0 Å². The number of hydrogen-bond acceptors (Lipinski definition) is 2. The van der Waals surface area contributed by atoms with E-state index in [9.17, 15) is 5.11 Å². The molecule has 0 bridgehead atoms. The van der Waals surface area contributed by atoms with Gasteiger partial charge in [0.1, 0.15) is 0 Å². The van der Waals surface area contributed by atoms with Crippen molar-refractivity contribution in [3.63, 3.8) is 0 Å². The maximum Gasteiger partial charge on any atom is 0.0645 e. The predicted octanol–water partition coefficient (Wildman–Crippen LogP) is 3.06. The molecule has 0 radical (unpaired) electrons. The molecule has 3 N–H and O–H groups in total. The zero-order valence-corrected chi connectivity index (χ0v) is 11.8. The summed E-state index contributed by atoms with van der Waals surface area (Å²) in [5.41, 5.74) is 7.72. The molecule has 0 aliphatic carbocycles. The van der Waals surface area contributed by atoms with Gasteiger partial charge in [0.25, 0.3) is 0 Å². The Morgan fingerprint density at radius 3 is 2.28 bits per heavy atom. The first-order valence-corrected chi connectivity index (χ1v) is 7.14. The molecule has 0 aromatic heterocycles. The molecule has 1 aromatic carbocycles. The van der Waals surface area contributed by atoms with Gasteiger partial charge in [-0.15, -0.1) is 0 Å². The standard InChI is InChI=1S/C16H27NO/c1-3-16(18,4-2)11-10-15-8-5-7-14(13-15)9-6-12-17/h5,7-8,13,18H,3-4,6,9-12,17H2,1-2H3. The fourth-order valence-electron chi connectivity index (χ4n) is 2.23. The summed E-state index contributed by atoms with van der Waals surface area (Å²) in [6.45, 7) is 4.86. The molecule has 0 amide bonds. The Balaban J connectivity index is 2.56. The molecule has 0 fully saturated rings. The Morgan fingerprint density at radius 1 is 1.11 bits per heavy atom. The summed E-state index contributed by atoms with van der Waals surface area (Å²) in [5.74, 6) is 0. The molecule has 0 saturated carbocycles. The minimum absolute atomic E-state index is 0.493. The molecule has 102 valence electrons. The third-order valence-electron chi connectivity index (χ3n) is 3.86. The zero-order valence-electron chi connectivity index (χ0n) is 11.8. The highest BCUT2D eigenvalue weighted by Crippen LogP contribution is 2.22. The Kier molecular flexibility index (Phi) is 6.37. The quantitative estimate of drug-likeness (QED) is 0.744. The lowest BCUT2D eigenvalue weighted by Crippen LogP contribution is -2.27. The summed E-state index contributed by atoms with van der Waals surface area (Å²) in [6.07, 6.45) is 5.55. The summed E-state index contributed by atoms with van der Waals surface area (Å²) in [6, 6.07) is 8.67. The van der Waals surface area contributed by atoms with Crippen LogP contribution in [0.5, 0.6) is 0 Å². The summed E-state index contributed by atoms with van der Waals surface area (Å²) in [5, 5.41) is 10.3. The van der Waals surface area contributed by atoms with Gasteiger partial charge in [0.2, 0.25) is 0 Å². The molecule has 0 unspecified atom stereocenters. The second-order valence-electron chi connectivity index (χ2n) is 5.14. The van der Waals surface area contributed by atoms with Crippen molar-refractivity contribution in [2.45, 2.75) is 58.0 Å². The molecule has 18 heavy (non-hydrogen) atoms. The summed E-state index contributed by atoms with van der Waals surface area (Å²) in [4.78, 5) is 0. The first-order valence-electron chi connectivity index (χ1n) is 7.14. The van der Waals surface area contributed by atoms with Crippen LogP contribution in [0.3, 0.4) is 0 Å². The Morgan fingerprint density at radius 2 is 1.72 bits per heavy atom. The fourth-order valence-corrected chi connectivity index (χ4v) is 2.23. The van der Waals surface area contributed by atoms with Gasteiger partial charge < -0.3 is 10.8 Å². The van der Waals surface area contributed by atoms with Gasteiger partial charge >= 0.3 is 0 Å². The molecule has 0 aliphatic rings. The Hall–Kier alpha value is -0.860. The van der Waals surface area contributed by atoms with Crippen LogP contribution in [-0.4, -0.2) is 17.3 Å². The van der Waals surface area contributed by atoms with Gasteiger partial charge in [0, 0.05) is 0 Å². The normalized spacial score (nSPS) is 11.8. The first-order chi connectivity index (χ1) is 8.63. The second-order valence-corrected chi connectivity index (χ2v) is 5.14. The van der Waals surface area contributed by atoms with Crippen molar-refractivity contribution in [3.8, 4) is 0 Å². The molecular formula is C16H27NO. The summed E-state index contributed by atoms with van der Waals surface area (Å²) >= 11 is 0. The minimum atomic E-state index is -0.493. The largest absolute Gasteiger partial charge is 0.390 e. The summed E-state index contributed by atoms with van der Waals surface area (Å²) in [7, 11) is 0. The van der Waals surface area contributed by atoms with Crippen LogP contribution in [0.2, 0.25) is 0 Å². The van der Waals surface area contributed by atoms with Crippen LogP contribution in [-0.2, 0) is 12.8 Å². The van der Waals surface area contributed by atoms with Gasteiger partial charge in [0.15, 0.2) is 0 Å². The number of rotatable bonds is 8. The van der Waals surface area contributed by atoms with Crippen molar-refractivity contribution >= 4 is 0 Å². The summed E-state index contributed by atoms with van der Waals surface area (Å²) < 4.78 is 0. The van der Waals surface area contributed by atoms with E-state index in [1.807, 2.05) is 0 Å². The smallest absolute Gasteiger partial charge is 0.0645 e. The number of aliphatic hydroxyl groups is 1. The highest BCUT2D eigenvalue weighted by atomic mass is 16.3. The monoisotopic (exact) mass is 249 g/mol. The highest BCUT2D eigenvalue weighted by molar-refractivity contribution is 5.24. The maximum atomic E-state index is 10.3. The second kappa shape index (κ2) is 7.55. The Bertz CT molecular complexity index is 345. The van der Waals surface area contributed by atoms with Crippen LogP contribution in [0.4, 0.5) is 0 Å². The van der Waals surface area contributed by atoms with Crippen molar-refractivity contribution in [1.29, 1.82) is 0 Å². The lowest BCUT2D eigenvalue weighted by Gasteiger charge is -2.25. The maximum absolute atomic E-state index is 10.3. The van der Waals surface area contributed by atoms with E-state index in [1.165, 1.54) is 11.1 Å². The van der Waals surface area contributed by atoms with Crippen LogP contribution in [0.1, 0.15) is 50.7 Å². The van der Waals surface area contributed by atoms with Gasteiger partial charge in [-0.05, 0) is 56.2 Å². The molecule has 0 heterocycles. The molecule has 0 saturated heterocycles. The average Bonchev–Trinajstić information content (AvgIpc) is 2.43. The number of hydrogen-bond donors (Lipinski definition) is 2. The van der Waals surface area contributed by atoms with E-state index in [4.69, 9.17) is 5.73 Å². The van der Waals surface area contributed by atoms with E-state index in [-0.39, 0.29) is 0 Å². The van der Waals surface area contributed by atoms with Crippen molar-refractivity contribution in [3.05, 3.63) is 35.4 Å². The molecule has 0 atom stereocenters.